The molecule has 0 atom stereocenters. The Kier molecular flexibility index (Phi) is 4.21. The topological polar surface area (TPSA) is 92.9 Å². The molecule has 0 unspecified atom stereocenters. The van der Waals surface area contributed by atoms with Crippen molar-refractivity contribution in [1.29, 1.82) is 0 Å². The summed E-state index contributed by atoms with van der Waals surface area (Å²) in [6.45, 7) is 1.69. The fourth-order valence-electron chi connectivity index (χ4n) is 2.50. The Balaban J connectivity index is 1.51. The summed E-state index contributed by atoms with van der Waals surface area (Å²) in [5.41, 5.74) is 2.62. The molecular formula is C19H14FN5O2. The van der Waals surface area contributed by atoms with Gasteiger partial charge in [-0.2, -0.15) is 4.98 Å². The van der Waals surface area contributed by atoms with Crippen LogP contribution in [0.4, 0.5) is 22.0 Å². The first-order valence-electron chi connectivity index (χ1n) is 8.11. The van der Waals surface area contributed by atoms with E-state index in [1.165, 1.54) is 30.5 Å². The summed E-state index contributed by atoms with van der Waals surface area (Å²) in [5, 5.41) is 5.56. The first-order chi connectivity index (χ1) is 13.1. The number of benzene rings is 2. The second kappa shape index (κ2) is 6.83. The third-order valence-corrected chi connectivity index (χ3v) is 3.84. The maximum atomic E-state index is 13.0. The van der Waals surface area contributed by atoms with Crippen LogP contribution in [0.1, 0.15) is 16.1 Å². The standard InChI is InChI=1S/C19H14FN5O2/c1-11-14(17(26)23-13-8-6-12(20)7-9-13)10-21-18(22-11)25-19-24-15-4-2-3-5-16(15)27-19/h2-10H,1H3,(H,23,26)(H,21,22,24,25). The van der Waals surface area contributed by atoms with E-state index >= 15 is 0 Å². The molecule has 0 saturated heterocycles. The highest BCUT2D eigenvalue weighted by Gasteiger charge is 2.13. The zero-order chi connectivity index (χ0) is 18.8. The Morgan fingerprint density at radius 3 is 2.59 bits per heavy atom. The molecule has 0 saturated carbocycles. The lowest BCUT2D eigenvalue weighted by atomic mass is 10.2. The number of fused-ring (bicyclic) bond motifs is 1. The third kappa shape index (κ3) is 3.59. The van der Waals surface area contributed by atoms with Gasteiger partial charge in [0.05, 0.1) is 11.3 Å². The molecule has 0 radical (unpaired) electrons. The van der Waals surface area contributed by atoms with Gasteiger partial charge in [-0.05, 0) is 43.3 Å². The van der Waals surface area contributed by atoms with Crippen LogP contribution in [0.3, 0.4) is 0 Å². The van der Waals surface area contributed by atoms with Crippen molar-refractivity contribution in [1.82, 2.24) is 15.0 Å². The summed E-state index contributed by atoms with van der Waals surface area (Å²) in [6.07, 6.45) is 1.41. The molecule has 0 bridgehead atoms. The van der Waals surface area contributed by atoms with Gasteiger partial charge >= 0.3 is 6.01 Å². The van der Waals surface area contributed by atoms with E-state index in [1.54, 1.807) is 6.92 Å². The van der Waals surface area contributed by atoms with E-state index in [4.69, 9.17) is 4.42 Å². The molecule has 0 aliphatic carbocycles. The summed E-state index contributed by atoms with van der Waals surface area (Å²) in [7, 11) is 0. The molecule has 7 nitrogen and oxygen atoms in total. The minimum absolute atomic E-state index is 0.261. The minimum atomic E-state index is -0.382. The van der Waals surface area contributed by atoms with Crippen LogP contribution in [-0.4, -0.2) is 20.9 Å². The van der Waals surface area contributed by atoms with Crippen molar-refractivity contribution in [3.05, 3.63) is 71.8 Å². The highest BCUT2D eigenvalue weighted by atomic mass is 19.1. The highest BCUT2D eigenvalue weighted by Crippen LogP contribution is 2.21. The van der Waals surface area contributed by atoms with Gasteiger partial charge in [-0.1, -0.05) is 12.1 Å². The van der Waals surface area contributed by atoms with Crippen LogP contribution in [0.25, 0.3) is 11.1 Å². The lowest BCUT2D eigenvalue weighted by Crippen LogP contribution is -2.15. The quantitative estimate of drug-likeness (QED) is 0.568. The molecule has 2 N–H and O–H groups in total. The van der Waals surface area contributed by atoms with Crippen molar-refractivity contribution in [3.8, 4) is 0 Å². The van der Waals surface area contributed by atoms with Crippen molar-refractivity contribution in [2.75, 3.05) is 10.6 Å². The Morgan fingerprint density at radius 2 is 1.85 bits per heavy atom. The maximum Gasteiger partial charge on any atom is 0.302 e. The first kappa shape index (κ1) is 16.6. The largest absolute Gasteiger partial charge is 0.423 e. The number of hydrogen-bond donors (Lipinski definition) is 2. The SMILES string of the molecule is Cc1nc(Nc2nc3ccccc3o2)ncc1C(=O)Nc1ccc(F)cc1. The average Bonchev–Trinajstić information content (AvgIpc) is 3.06. The number of nitrogens with zero attached hydrogens (tertiary/aromatic N) is 3. The van der Waals surface area contributed by atoms with Crippen LogP contribution < -0.4 is 10.6 Å². The van der Waals surface area contributed by atoms with Crippen molar-refractivity contribution >= 4 is 34.7 Å². The summed E-state index contributed by atoms with van der Waals surface area (Å²) < 4.78 is 18.5. The van der Waals surface area contributed by atoms with Gasteiger partial charge in [0.1, 0.15) is 11.3 Å². The van der Waals surface area contributed by atoms with Crippen LogP contribution >= 0.6 is 0 Å². The van der Waals surface area contributed by atoms with Crippen molar-refractivity contribution < 1.29 is 13.6 Å². The lowest BCUT2D eigenvalue weighted by Gasteiger charge is -2.08. The second-order valence-electron chi connectivity index (χ2n) is 5.77. The molecule has 0 spiro atoms. The van der Waals surface area contributed by atoms with Gasteiger partial charge in [0.25, 0.3) is 5.91 Å². The molecule has 4 aromatic rings. The molecule has 8 heteroatoms. The van der Waals surface area contributed by atoms with E-state index < -0.39 is 0 Å². The zero-order valence-corrected chi connectivity index (χ0v) is 14.2. The van der Waals surface area contributed by atoms with E-state index in [0.29, 0.717) is 28.0 Å². The molecule has 0 fully saturated rings. The van der Waals surface area contributed by atoms with Crippen LogP contribution in [0.2, 0.25) is 0 Å². The van der Waals surface area contributed by atoms with Gasteiger partial charge in [-0.15, -0.1) is 0 Å². The molecule has 0 aliphatic rings. The van der Waals surface area contributed by atoms with Crippen molar-refractivity contribution in [2.45, 2.75) is 6.92 Å². The van der Waals surface area contributed by atoms with Crippen LogP contribution in [0, 0.1) is 12.7 Å². The normalized spacial score (nSPS) is 10.7. The van der Waals surface area contributed by atoms with Gasteiger partial charge in [0.15, 0.2) is 5.58 Å². The van der Waals surface area contributed by atoms with Gasteiger partial charge in [-0.25, -0.2) is 14.4 Å². The maximum absolute atomic E-state index is 13.0. The van der Waals surface area contributed by atoms with Gasteiger partial charge in [-0.3, -0.25) is 10.1 Å². The van der Waals surface area contributed by atoms with Gasteiger partial charge in [0, 0.05) is 11.9 Å². The van der Waals surface area contributed by atoms with Gasteiger partial charge < -0.3 is 9.73 Å². The Morgan fingerprint density at radius 1 is 1.07 bits per heavy atom. The van der Waals surface area contributed by atoms with Gasteiger partial charge in [0.2, 0.25) is 5.95 Å². The number of oxazole rings is 1. The number of rotatable bonds is 4. The number of aromatic nitrogens is 3. The third-order valence-electron chi connectivity index (χ3n) is 3.84. The summed E-state index contributed by atoms with van der Waals surface area (Å²) in [6, 6.07) is 13.1. The van der Waals surface area contributed by atoms with E-state index in [0.717, 1.165) is 0 Å². The number of para-hydroxylation sites is 2. The van der Waals surface area contributed by atoms with E-state index in [2.05, 4.69) is 25.6 Å². The molecular weight excluding hydrogens is 349 g/mol. The predicted molar refractivity (Wildman–Crippen MR) is 98.4 cm³/mol. The number of aryl methyl sites for hydroxylation is 1. The predicted octanol–water partition coefficient (Wildman–Crippen LogP) is 4.06. The van der Waals surface area contributed by atoms with Crippen LogP contribution in [0.15, 0.2) is 59.1 Å². The average molecular weight is 363 g/mol. The highest BCUT2D eigenvalue weighted by molar-refractivity contribution is 6.04. The van der Waals surface area contributed by atoms with Crippen LogP contribution in [-0.2, 0) is 0 Å². The zero-order valence-electron chi connectivity index (χ0n) is 14.2. The van der Waals surface area contributed by atoms with E-state index in [-0.39, 0.29) is 23.7 Å². The fraction of sp³-hybridized carbons (Fsp3) is 0.0526. The number of hydrogen-bond acceptors (Lipinski definition) is 6. The molecule has 4 rings (SSSR count). The number of carbonyl (C=O) groups is 1. The molecule has 1 amide bonds. The van der Waals surface area contributed by atoms with Crippen molar-refractivity contribution in [3.63, 3.8) is 0 Å². The minimum Gasteiger partial charge on any atom is -0.423 e. The Hall–Kier alpha value is -3.81. The summed E-state index contributed by atoms with van der Waals surface area (Å²) in [5.74, 6) is -0.493. The van der Waals surface area contributed by atoms with Crippen LogP contribution in [0.5, 0.6) is 0 Å². The first-order valence-corrected chi connectivity index (χ1v) is 8.11. The molecule has 134 valence electrons. The molecule has 2 heterocycles. The lowest BCUT2D eigenvalue weighted by molar-refractivity contribution is 0.102. The summed E-state index contributed by atoms with van der Waals surface area (Å²) >= 11 is 0. The number of anilines is 3. The molecule has 0 aliphatic heterocycles. The molecule has 2 aromatic carbocycles. The number of nitrogens with one attached hydrogen (secondary N) is 2. The number of amides is 1. The molecule has 27 heavy (non-hydrogen) atoms. The van der Waals surface area contributed by atoms with E-state index in [1.807, 2.05) is 24.3 Å². The summed E-state index contributed by atoms with van der Waals surface area (Å²) in [4.78, 5) is 25.1. The monoisotopic (exact) mass is 363 g/mol. The molecule has 2 aromatic heterocycles. The Labute approximate surface area is 153 Å². The smallest absolute Gasteiger partial charge is 0.302 e. The number of carbonyl (C=O) groups excluding carboxylic acids is 1. The number of halogens is 1. The fourth-order valence-corrected chi connectivity index (χ4v) is 2.50. The van der Waals surface area contributed by atoms with E-state index in [9.17, 15) is 9.18 Å². The second-order valence-corrected chi connectivity index (χ2v) is 5.77. The van der Waals surface area contributed by atoms with Crippen molar-refractivity contribution in [2.24, 2.45) is 0 Å². The Bertz CT molecular complexity index is 1090.